The molecule has 2 aromatic carbocycles. The number of hydrogen-bond donors (Lipinski definition) is 1. The van der Waals surface area contributed by atoms with Crippen LogP contribution in [0.4, 0.5) is 4.39 Å². The second-order valence-electron chi connectivity index (χ2n) is 6.38. The van der Waals surface area contributed by atoms with Crippen molar-refractivity contribution in [2.75, 3.05) is 6.54 Å². The van der Waals surface area contributed by atoms with E-state index in [1.807, 2.05) is 38.1 Å². The van der Waals surface area contributed by atoms with Crippen LogP contribution in [0.2, 0.25) is 0 Å². The Hall–Kier alpha value is -2.69. The van der Waals surface area contributed by atoms with Gasteiger partial charge in [0, 0.05) is 13.1 Å². The van der Waals surface area contributed by atoms with Crippen molar-refractivity contribution < 1.29 is 14.0 Å². The summed E-state index contributed by atoms with van der Waals surface area (Å²) in [6.45, 7) is 6.27. The Morgan fingerprint density at radius 3 is 2.42 bits per heavy atom. The predicted octanol–water partition coefficient (Wildman–Crippen LogP) is 3.23. The first-order valence-electron chi connectivity index (χ1n) is 8.78. The minimum absolute atomic E-state index is 0.140. The van der Waals surface area contributed by atoms with Gasteiger partial charge in [-0.25, -0.2) is 4.39 Å². The van der Waals surface area contributed by atoms with Crippen molar-refractivity contribution in [3.05, 3.63) is 71.0 Å². The van der Waals surface area contributed by atoms with Crippen LogP contribution in [0.3, 0.4) is 0 Å². The molecular formula is C21H25FN2O2. The van der Waals surface area contributed by atoms with E-state index < -0.39 is 6.04 Å². The number of halogens is 1. The number of hydrogen-bond acceptors (Lipinski definition) is 2. The van der Waals surface area contributed by atoms with Gasteiger partial charge in [0.25, 0.3) is 0 Å². The van der Waals surface area contributed by atoms with Crippen LogP contribution < -0.4 is 5.32 Å². The molecule has 4 nitrogen and oxygen atoms in total. The Balaban J connectivity index is 2.21. The van der Waals surface area contributed by atoms with Gasteiger partial charge >= 0.3 is 0 Å². The van der Waals surface area contributed by atoms with Crippen LogP contribution in [-0.2, 0) is 22.6 Å². The second kappa shape index (κ2) is 9.13. The first-order valence-corrected chi connectivity index (χ1v) is 8.78. The molecule has 2 amide bonds. The molecule has 0 aliphatic rings. The van der Waals surface area contributed by atoms with Gasteiger partial charge in [-0.3, -0.25) is 9.59 Å². The van der Waals surface area contributed by atoms with Crippen LogP contribution in [0.25, 0.3) is 0 Å². The third-order valence-electron chi connectivity index (χ3n) is 4.22. The van der Waals surface area contributed by atoms with Crippen LogP contribution in [0.5, 0.6) is 0 Å². The Bertz CT molecular complexity index is 759. The lowest BCUT2D eigenvalue weighted by molar-refractivity contribution is -0.140. The summed E-state index contributed by atoms with van der Waals surface area (Å²) in [5.41, 5.74) is 2.76. The summed E-state index contributed by atoms with van der Waals surface area (Å²) in [4.78, 5) is 26.7. The van der Waals surface area contributed by atoms with Gasteiger partial charge in [-0.15, -0.1) is 0 Å². The quantitative estimate of drug-likeness (QED) is 0.828. The maximum atomic E-state index is 13.2. The van der Waals surface area contributed by atoms with Gasteiger partial charge in [0.05, 0.1) is 6.42 Å². The molecule has 0 bridgehead atoms. The molecule has 138 valence electrons. The minimum Gasteiger partial charge on any atom is -0.355 e. The highest BCUT2D eigenvalue weighted by molar-refractivity contribution is 5.88. The van der Waals surface area contributed by atoms with Gasteiger partial charge in [-0.1, -0.05) is 42.0 Å². The summed E-state index contributed by atoms with van der Waals surface area (Å²) < 4.78 is 13.2. The number of benzene rings is 2. The number of likely N-dealkylation sites (N-methyl/N-ethyl adjacent to an activating group) is 1. The molecule has 0 saturated carbocycles. The topological polar surface area (TPSA) is 49.4 Å². The van der Waals surface area contributed by atoms with Gasteiger partial charge in [0.15, 0.2) is 0 Å². The Labute approximate surface area is 154 Å². The van der Waals surface area contributed by atoms with Crippen molar-refractivity contribution in [2.45, 2.75) is 39.8 Å². The van der Waals surface area contributed by atoms with Crippen molar-refractivity contribution >= 4 is 11.8 Å². The highest BCUT2D eigenvalue weighted by Gasteiger charge is 2.25. The third-order valence-corrected chi connectivity index (χ3v) is 4.22. The average molecular weight is 356 g/mol. The second-order valence-corrected chi connectivity index (χ2v) is 6.38. The van der Waals surface area contributed by atoms with E-state index in [4.69, 9.17) is 0 Å². The molecule has 0 aliphatic carbocycles. The maximum absolute atomic E-state index is 13.2. The smallest absolute Gasteiger partial charge is 0.242 e. The van der Waals surface area contributed by atoms with E-state index in [-0.39, 0.29) is 30.6 Å². The molecule has 0 fully saturated rings. The van der Waals surface area contributed by atoms with E-state index in [0.717, 1.165) is 16.7 Å². The number of rotatable bonds is 7. The van der Waals surface area contributed by atoms with Crippen molar-refractivity contribution in [3.63, 3.8) is 0 Å². The lowest BCUT2D eigenvalue weighted by Gasteiger charge is -2.29. The van der Waals surface area contributed by atoms with Crippen LogP contribution in [0.1, 0.15) is 30.5 Å². The van der Waals surface area contributed by atoms with E-state index in [1.54, 1.807) is 24.0 Å². The largest absolute Gasteiger partial charge is 0.355 e. The fourth-order valence-corrected chi connectivity index (χ4v) is 2.79. The van der Waals surface area contributed by atoms with E-state index in [9.17, 15) is 14.0 Å². The van der Waals surface area contributed by atoms with Gasteiger partial charge in [-0.2, -0.15) is 0 Å². The fraction of sp³-hybridized carbons (Fsp3) is 0.333. The highest BCUT2D eigenvalue weighted by Crippen LogP contribution is 2.14. The number of amides is 2. The summed E-state index contributed by atoms with van der Waals surface area (Å²) in [5, 5.41) is 2.76. The fourth-order valence-electron chi connectivity index (χ4n) is 2.79. The molecule has 2 aromatic rings. The normalized spacial score (nSPS) is 11.7. The number of carbonyl (C=O) groups excluding carboxylic acids is 2. The summed E-state index contributed by atoms with van der Waals surface area (Å²) in [7, 11) is 0. The molecule has 1 unspecified atom stereocenters. The third kappa shape index (κ3) is 5.41. The maximum Gasteiger partial charge on any atom is 0.242 e. The van der Waals surface area contributed by atoms with Crippen molar-refractivity contribution in [2.24, 2.45) is 0 Å². The predicted molar refractivity (Wildman–Crippen MR) is 100.0 cm³/mol. The van der Waals surface area contributed by atoms with E-state index in [2.05, 4.69) is 5.32 Å². The lowest BCUT2D eigenvalue weighted by atomic mass is 10.1. The van der Waals surface area contributed by atoms with E-state index in [0.29, 0.717) is 6.54 Å². The summed E-state index contributed by atoms with van der Waals surface area (Å²) in [6, 6.07) is 13.1. The summed E-state index contributed by atoms with van der Waals surface area (Å²) in [5.74, 6) is -0.672. The summed E-state index contributed by atoms with van der Waals surface area (Å²) >= 11 is 0. The van der Waals surface area contributed by atoms with Gasteiger partial charge in [0.1, 0.15) is 11.9 Å². The van der Waals surface area contributed by atoms with Crippen molar-refractivity contribution in [1.82, 2.24) is 10.2 Å². The SMILES string of the molecule is CCNC(=O)C(C)N(Cc1ccc(F)cc1)C(=O)Cc1cccc(C)c1. The van der Waals surface area contributed by atoms with Gasteiger partial charge in [-0.05, 0) is 44.0 Å². The molecule has 0 heterocycles. The standard InChI is InChI=1S/C21H25FN2O2/c1-4-23-21(26)16(3)24(14-17-8-10-19(22)11-9-17)20(25)13-18-7-5-6-15(2)12-18/h5-12,16H,4,13-14H2,1-3H3,(H,23,26). The molecule has 0 saturated heterocycles. The van der Waals surface area contributed by atoms with Gasteiger partial charge < -0.3 is 10.2 Å². The molecule has 0 radical (unpaired) electrons. The van der Waals surface area contributed by atoms with Crippen LogP contribution in [0, 0.1) is 12.7 Å². The molecule has 1 atom stereocenters. The number of nitrogens with one attached hydrogen (secondary N) is 1. The van der Waals surface area contributed by atoms with Crippen molar-refractivity contribution in [1.29, 1.82) is 0 Å². The molecule has 26 heavy (non-hydrogen) atoms. The Kier molecular flexibility index (Phi) is 6.89. The summed E-state index contributed by atoms with van der Waals surface area (Å²) in [6.07, 6.45) is 0.215. The molecule has 0 aromatic heterocycles. The molecule has 0 spiro atoms. The van der Waals surface area contributed by atoms with Gasteiger partial charge in [0.2, 0.25) is 11.8 Å². The van der Waals surface area contributed by atoms with Crippen LogP contribution in [-0.4, -0.2) is 29.3 Å². The average Bonchev–Trinajstić information content (AvgIpc) is 2.60. The number of aryl methyl sites for hydroxylation is 1. The molecular weight excluding hydrogens is 331 g/mol. The first-order chi connectivity index (χ1) is 12.4. The van der Waals surface area contributed by atoms with Crippen LogP contribution >= 0.6 is 0 Å². The first kappa shape index (κ1) is 19.6. The minimum atomic E-state index is -0.614. The number of nitrogens with zero attached hydrogens (tertiary/aromatic N) is 1. The Morgan fingerprint density at radius 1 is 1.12 bits per heavy atom. The van der Waals surface area contributed by atoms with E-state index in [1.165, 1.54) is 12.1 Å². The van der Waals surface area contributed by atoms with Crippen LogP contribution in [0.15, 0.2) is 48.5 Å². The Morgan fingerprint density at radius 2 is 1.81 bits per heavy atom. The monoisotopic (exact) mass is 356 g/mol. The molecule has 0 aliphatic heterocycles. The zero-order chi connectivity index (χ0) is 19.1. The lowest BCUT2D eigenvalue weighted by Crippen LogP contribution is -2.48. The zero-order valence-electron chi connectivity index (χ0n) is 15.5. The molecule has 1 N–H and O–H groups in total. The van der Waals surface area contributed by atoms with Crippen molar-refractivity contribution in [3.8, 4) is 0 Å². The molecule has 2 rings (SSSR count). The molecule has 5 heteroatoms. The highest BCUT2D eigenvalue weighted by atomic mass is 19.1. The zero-order valence-corrected chi connectivity index (χ0v) is 15.5. The number of carbonyl (C=O) groups is 2. The van der Waals surface area contributed by atoms with E-state index >= 15 is 0 Å².